The van der Waals surface area contributed by atoms with Crippen molar-refractivity contribution in [3.8, 4) is 0 Å². The Balaban J connectivity index is 4.93. The van der Waals surface area contributed by atoms with Crippen molar-refractivity contribution in [1.82, 2.24) is 9.80 Å². The third-order valence-electron chi connectivity index (χ3n) is 1.98. The fourth-order valence-corrected chi connectivity index (χ4v) is 1.56. The van der Waals surface area contributed by atoms with Crippen LogP contribution in [0.15, 0.2) is 12.7 Å². The number of nitrogens with zero attached hydrogens (tertiary/aromatic N) is 3. The van der Waals surface area contributed by atoms with Gasteiger partial charge in [0.1, 0.15) is 0 Å². The Bertz CT molecular complexity index is 281. The highest BCUT2D eigenvalue weighted by Gasteiger charge is 2.24. The lowest BCUT2D eigenvalue weighted by Gasteiger charge is -2.22. The van der Waals surface area contributed by atoms with Gasteiger partial charge in [-0.15, -0.1) is 0 Å². The molecule has 0 N–H and O–H groups in total. The van der Waals surface area contributed by atoms with Gasteiger partial charge in [0.25, 0.3) is 0 Å². The van der Waals surface area contributed by atoms with E-state index in [0.717, 1.165) is 5.96 Å². The molecule has 0 amide bonds. The monoisotopic (exact) mass is 228 g/mol. The molecule has 5 nitrogen and oxygen atoms in total. The molecular weight excluding hydrogens is 206 g/mol. The molecule has 0 bridgehead atoms. The summed E-state index contributed by atoms with van der Waals surface area (Å²) in [7, 11) is 9.12. The molecule has 0 saturated carbocycles. The van der Waals surface area contributed by atoms with E-state index >= 15 is 0 Å². The molecule has 0 fully saturated rings. The second-order valence-electron chi connectivity index (χ2n) is 3.83. The number of guanidine groups is 1. The van der Waals surface area contributed by atoms with E-state index in [4.69, 9.17) is 0 Å². The van der Waals surface area contributed by atoms with Gasteiger partial charge in [-0.05, 0) is 0 Å². The molecule has 0 aromatic carbocycles. The van der Waals surface area contributed by atoms with Crippen LogP contribution in [0.1, 0.15) is 0 Å². The normalized spacial score (nSPS) is 9.31. The largest absolute Gasteiger partial charge is 0.467 e. The van der Waals surface area contributed by atoms with Gasteiger partial charge in [-0.2, -0.15) is 0 Å². The average molecular weight is 228 g/mol. The van der Waals surface area contributed by atoms with E-state index in [1.807, 2.05) is 42.6 Å². The van der Waals surface area contributed by atoms with Crippen LogP contribution in [-0.4, -0.2) is 74.7 Å². The molecule has 16 heavy (non-hydrogen) atoms. The van der Waals surface area contributed by atoms with E-state index in [2.05, 4.69) is 11.3 Å². The summed E-state index contributed by atoms with van der Waals surface area (Å²) in [6.45, 7) is 4.51. The second-order valence-corrected chi connectivity index (χ2v) is 3.83. The number of carbonyl (C=O) groups excluding carboxylic acids is 1. The van der Waals surface area contributed by atoms with Crippen LogP contribution in [0.2, 0.25) is 0 Å². The standard InChI is InChI=1S/C11H22N3O2/c1-7-8-14(9-10(15)16-6)11(12(2)3)13(4)5/h7H,1,8-9H2,2-6H3/q+1. The van der Waals surface area contributed by atoms with Gasteiger partial charge < -0.3 is 4.74 Å². The maximum absolute atomic E-state index is 11.3. The maximum atomic E-state index is 11.3. The van der Waals surface area contributed by atoms with E-state index < -0.39 is 0 Å². The molecule has 0 saturated heterocycles. The second kappa shape index (κ2) is 6.87. The summed E-state index contributed by atoms with van der Waals surface area (Å²) >= 11 is 0. The van der Waals surface area contributed by atoms with Crippen molar-refractivity contribution in [2.75, 3.05) is 48.4 Å². The Labute approximate surface area is 97.6 Å². The molecule has 0 unspecified atom stereocenters. The van der Waals surface area contributed by atoms with Crippen molar-refractivity contribution in [3.05, 3.63) is 12.7 Å². The van der Waals surface area contributed by atoms with E-state index in [0.29, 0.717) is 6.54 Å². The molecule has 0 heterocycles. The van der Waals surface area contributed by atoms with Crippen molar-refractivity contribution < 1.29 is 14.1 Å². The summed E-state index contributed by atoms with van der Waals surface area (Å²) in [5, 5.41) is 0. The van der Waals surface area contributed by atoms with Gasteiger partial charge in [0, 0.05) is 0 Å². The van der Waals surface area contributed by atoms with Gasteiger partial charge in [-0.1, -0.05) is 12.7 Å². The summed E-state index contributed by atoms with van der Waals surface area (Å²) in [4.78, 5) is 15.2. The van der Waals surface area contributed by atoms with Crippen molar-refractivity contribution in [2.45, 2.75) is 0 Å². The third kappa shape index (κ3) is 4.33. The lowest BCUT2D eigenvalue weighted by atomic mass is 10.4. The highest BCUT2D eigenvalue weighted by atomic mass is 16.5. The summed E-state index contributed by atoms with van der Waals surface area (Å²) in [5.41, 5.74) is 0. The predicted octanol–water partition coefficient (Wildman–Crippen LogP) is -0.163. The van der Waals surface area contributed by atoms with Gasteiger partial charge in [-0.3, -0.25) is 14.4 Å². The Hall–Kier alpha value is -1.52. The fourth-order valence-electron chi connectivity index (χ4n) is 1.56. The number of hydrogen-bond donors (Lipinski definition) is 0. The van der Waals surface area contributed by atoms with Crippen molar-refractivity contribution in [1.29, 1.82) is 0 Å². The Morgan fingerprint density at radius 1 is 1.44 bits per heavy atom. The van der Waals surface area contributed by atoms with Crippen LogP contribution >= 0.6 is 0 Å². The molecule has 0 atom stereocenters. The SMILES string of the molecule is C=CCN(CC(=O)OC)C(N(C)C)=[N+](C)C. The third-order valence-corrected chi connectivity index (χ3v) is 1.98. The molecule has 0 aromatic heterocycles. The smallest absolute Gasteiger partial charge is 0.350 e. The predicted molar refractivity (Wildman–Crippen MR) is 64.6 cm³/mol. The minimum atomic E-state index is -0.261. The van der Waals surface area contributed by atoms with Crippen LogP contribution in [0.3, 0.4) is 0 Å². The molecule has 0 spiro atoms. The summed E-state index contributed by atoms with van der Waals surface area (Å²) in [6.07, 6.45) is 1.76. The first kappa shape index (κ1) is 14.5. The van der Waals surface area contributed by atoms with Gasteiger partial charge in [-0.25, -0.2) is 4.79 Å². The Morgan fingerprint density at radius 2 is 2.00 bits per heavy atom. The molecule has 92 valence electrons. The average Bonchev–Trinajstić information content (AvgIpc) is 2.16. The van der Waals surface area contributed by atoms with E-state index in [9.17, 15) is 4.79 Å². The molecule has 0 aliphatic carbocycles. The molecule has 5 heteroatoms. The van der Waals surface area contributed by atoms with Crippen LogP contribution < -0.4 is 0 Å². The number of carbonyl (C=O) groups is 1. The molecule has 0 aliphatic heterocycles. The number of ether oxygens (including phenoxy) is 1. The van der Waals surface area contributed by atoms with E-state index in [-0.39, 0.29) is 12.5 Å². The maximum Gasteiger partial charge on any atom is 0.350 e. The first-order valence-electron chi connectivity index (χ1n) is 5.08. The highest BCUT2D eigenvalue weighted by molar-refractivity contribution is 5.81. The quantitative estimate of drug-likeness (QED) is 0.220. The van der Waals surface area contributed by atoms with Crippen LogP contribution in [0.4, 0.5) is 0 Å². The molecule has 0 rings (SSSR count). The van der Waals surface area contributed by atoms with Gasteiger partial charge in [0.2, 0.25) is 0 Å². The zero-order valence-corrected chi connectivity index (χ0v) is 10.9. The summed E-state index contributed by atoms with van der Waals surface area (Å²) < 4.78 is 6.62. The lowest BCUT2D eigenvalue weighted by Crippen LogP contribution is -2.47. The molecule has 0 aliphatic rings. The van der Waals surface area contributed by atoms with Crippen LogP contribution in [0.25, 0.3) is 0 Å². The number of hydrogen-bond acceptors (Lipinski definition) is 2. The topological polar surface area (TPSA) is 35.8 Å². The Kier molecular flexibility index (Phi) is 6.22. The van der Waals surface area contributed by atoms with E-state index in [1.165, 1.54) is 7.11 Å². The van der Waals surface area contributed by atoms with Crippen LogP contribution in [-0.2, 0) is 9.53 Å². The number of rotatable bonds is 4. The number of methoxy groups -OCH3 is 1. The minimum absolute atomic E-state index is 0.216. The summed E-state index contributed by atoms with van der Waals surface area (Å²) in [6, 6.07) is 0. The summed E-state index contributed by atoms with van der Waals surface area (Å²) in [5.74, 6) is 0.674. The van der Waals surface area contributed by atoms with Gasteiger partial charge >= 0.3 is 11.9 Å². The zero-order valence-electron chi connectivity index (χ0n) is 10.9. The zero-order chi connectivity index (χ0) is 12.7. The van der Waals surface area contributed by atoms with Crippen molar-refractivity contribution in [2.24, 2.45) is 0 Å². The molecule has 0 aromatic rings. The first-order valence-corrected chi connectivity index (χ1v) is 5.08. The van der Waals surface area contributed by atoms with Crippen LogP contribution in [0.5, 0.6) is 0 Å². The first-order chi connectivity index (χ1) is 7.43. The van der Waals surface area contributed by atoms with Crippen molar-refractivity contribution >= 4 is 11.9 Å². The van der Waals surface area contributed by atoms with Crippen molar-refractivity contribution in [3.63, 3.8) is 0 Å². The van der Waals surface area contributed by atoms with Gasteiger partial charge in [0.15, 0.2) is 6.54 Å². The fraction of sp³-hybridized carbons (Fsp3) is 0.636. The highest BCUT2D eigenvalue weighted by Crippen LogP contribution is 1.96. The Morgan fingerprint density at radius 3 is 2.31 bits per heavy atom. The number of esters is 1. The van der Waals surface area contributed by atoms with Gasteiger partial charge in [0.05, 0.1) is 41.8 Å². The van der Waals surface area contributed by atoms with E-state index in [1.54, 1.807) is 6.08 Å². The lowest BCUT2D eigenvalue weighted by molar-refractivity contribution is -0.475. The van der Waals surface area contributed by atoms with Crippen LogP contribution in [0, 0.1) is 0 Å². The minimum Gasteiger partial charge on any atom is -0.467 e. The molecule has 0 radical (unpaired) electrons. The molecular formula is C11H22N3O2+.